The van der Waals surface area contributed by atoms with E-state index >= 15 is 0 Å². The zero-order valence-electron chi connectivity index (χ0n) is 32.3. The van der Waals surface area contributed by atoms with Crippen molar-refractivity contribution in [3.8, 4) is 11.9 Å². The van der Waals surface area contributed by atoms with Crippen LogP contribution in [0.4, 0.5) is 15.6 Å². The van der Waals surface area contributed by atoms with Crippen LogP contribution in [0.15, 0.2) is 16.2 Å². The van der Waals surface area contributed by atoms with Gasteiger partial charge in [-0.15, -0.1) is 11.3 Å². The second-order valence-electron chi connectivity index (χ2n) is 16.9. The Morgan fingerprint density at radius 1 is 1.23 bits per heavy atom. The second kappa shape index (κ2) is 13.7. The van der Waals surface area contributed by atoms with Crippen molar-refractivity contribution >= 4 is 40.3 Å². The third kappa shape index (κ3) is 7.17. The molecular formula is C38H53N9O5S. The van der Waals surface area contributed by atoms with E-state index in [0.29, 0.717) is 47.6 Å². The van der Waals surface area contributed by atoms with Crippen LogP contribution < -0.4 is 9.64 Å². The summed E-state index contributed by atoms with van der Waals surface area (Å²) in [5.74, 6) is -0.947. The molecule has 14 nitrogen and oxygen atoms in total. The quantitative estimate of drug-likeness (QED) is 0.277. The summed E-state index contributed by atoms with van der Waals surface area (Å²) in [4.78, 5) is 42.8. The molecule has 3 fully saturated rings. The molecular weight excluding hydrogens is 695 g/mol. The summed E-state index contributed by atoms with van der Waals surface area (Å²) in [6, 6.07) is 4.49. The van der Waals surface area contributed by atoms with Crippen molar-refractivity contribution in [2.24, 2.45) is 10.1 Å². The largest absolute Gasteiger partial charge is 0.473 e. The highest BCUT2D eigenvalue weighted by atomic mass is 32.1. The van der Waals surface area contributed by atoms with Gasteiger partial charge < -0.3 is 29.2 Å². The average Bonchev–Trinajstić information content (AvgIpc) is 3.39. The number of rotatable bonds is 8. The third-order valence-electron chi connectivity index (χ3n) is 11.3. The number of carbonyl (C=O) groups excluding carboxylic acids is 1. The molecule has 5 heterocycles. The lowest BCUT2D eigenvalue weighted by molar-refractivity contribution is -0.199. The standard InChI is InChI=1S/C38H53N9O5S/c1-24(26-11-10-16-45(26)8)50-30-19-29(46-17-18-47(37(22-46)14-15-37)34(48)51-35(2,3)4)41-33(42-30)38(49)20-28(43-52-38)36(5)13-9-12-27-31(36)25(21-39)32(53-27)40-23-44(6)7/h19,23-24,26,49H,9-18,20,22H2,1-8H3/b40-23+/t24-,26-,36+,38?/m0/s1. The number of ether oxygens (including phenoxy) is 2. The van der Waals surface area contributed by atoms with Crippen LogP contribution in [-0.2, 0) is 27.2 Å². The Balaban J connectivity index is 1.19. The lowest BCUT2D eigenvalue weighted by Gasteiger charge is -2.43. The van der Waals surface area contributed by atoms with E-state index in [2.05, 4.69) is 46.9 Å². The maximum Gasteiger partial charge on any atom is 0.410 e. The topological polar surface area (TPSA) is 152 Å². The lowest BCUT2D eigenvalue weighted by atomic mass is 9.68. The van der Waals surface area contributed by atoms with Gasteiger partial charge in [0.25, 0.3) is 0 Å². The summed E-state index contributed by atoms with van der Waals surface area (Å²) in [5.41, 5.74) is 0.518. The van der Waals surface area contributed by atoms with Crippen LogP contribution in [0.2, 0.25) is 0 Å². The van der Waals surface area contributed by atoms with E-state index in [1.165, 1.54) is 0 Å². The van der Waals surface area contributed by atoms with E-state index in [9.17, 15) is 15.2 Å². The number of hydrogen-bond donors (Lipinski definition) is 1. The van der Waals surface area contributed by atoms with E-state index in [-0.39, 0.29) is 36.0 Å². The molecule has 286 valence electrons. The highest BCUT2D eigenvalue weighted by Crippen LogP contribution is 2.51. The molecule has 4 atom stereocenters. The molecule has 1 spiro atoms. The SMILES string of the molecule is C[C@H](Oc1cc(N2CCN(C(=O)OC(C)(C)C)C3(CC3)C2)nc(C2(O)CC([C@@]3(C)CCCc4sc(/N=C/N(C)C)c(C#N)c43)=NO2)n1)[C@@H]1CCCN1C. The number of oxime groups is 1. The maximum absolute atomic E-state index is 13.2. The Morgan fingerprint density at radius 2 is 2.00 bits per heavy atom. The van der Waals surface area contributed by atoms with Crippen molar-refractivity contribution in [2.45, 2.75) is 120 Å². The summed E-state index contributed by atoms with van der Waals surface area (Å²) >= 11 is 1.54. The number of nitriles is 1. The number of piperazine rings is 1. The van der Waals surface area contributed by atoms with Crippen LogP contribution >= 0.6 is 11.3 Å². The number of fused-ring (bicyclic) bond motifs is 1. The molecule has 0 aromatic carbocycles. The smallest absolute Gasteiger partial charge is 0.410 e. The van der Waals surface area contributed by atoms with Crippen LogP contribution in [0.3, 0.4) is 0 Å². The number of amides is 1. The molecule has 5 aliphatic rings. The Hall–Kier alpha value is -4.00. The van der Waals surface area contributed by atoms with Crippen LogP contribution in [-0.4, -0.2) is 119 Å². The number of anilines is 1. The molecule has 3 aliphatic heterocycles. The summed E-state index contributed by atoms with van der Waals surface area (Å²) < 4.78 is 12.3. The molecule has 15 heteroatoms. The number of likely N-dealkylation sites (N-methyl/N-ethyl adjacent to an activating group) is 1. The number of aliphatic hydroxyl groups is 1. The number of thiophene rings is 1. The molecule has 53 heavy (non-hydrogen) atoms. The van der Waals surface area contributed by atoms with Crippen molar-refractivity contribution in [2.75, 3.05) is 52.2 Å². The van der Waals surface area contributed by atoms with Gasteiger partial charge in [-0.05, 0) is 98.7 Å². The Morgan fingerprint density at radius 3 is 2.66 bits per heavy atom. The molecule has 2 aromatic rings. The van der Waals surface area contributed by atoms with Crippen LogP contribution in [0.5, 0.6) is 5.88 Å². The fraction of sp³-hybridized carbons (Fsp3) is 0.684. The van der Waals surface area contributed by atoms with Gasteiger partial charge >= 0.3 is 11.9 Å². The first kappa shape index (κ1) is 37.3. The van der Waals surface area contributed by atoms with Crippen molar-refractivity contribution in [1.29, 1.82) is 5.26 Å². The molecule has 2 aliphatic carbocycles. The number of hydrogen-bond acceptors (Lipinski definition) is 13. The van der Waals surface area contributed by atoms with Crippen LogP contribution in [0.25, 0.3) is 0 Å². The highest BCUT2D eigenvalue weighted by Gasteiger charge is 2.55. The van der Waals surface area contributed by atoms with Crippen LogP contribution in [0, 0.1) is 11.3 Å². The van der Waals surface area contributed by atoms with Gasteiger partial charge in [0.2, 0.25) is 11.7 Å². The van der Waals surface area contributed by atoms with Gasteiger partial charge in [-0.1, -0.05) is 5.16 Å². The van der Waals surface area contributed by atoms with Gasteiger partial charge in [-0.2, -0.15) is 10.2 Å². The van der Waals surface area contributed by atoms with E-state index in [1.807, 2.05) is 50.7 Å². The van der Waals surface area contributed by atoms with E-state index in [4.69, 9.17) is 24.3 Å². The first-order valence-corrected chi connectivity index (χ1v) is 19.6. The Kier molecular flexibility index (Phi) is 9.64. The van der Waals surface area contributed by atoms with E-state index in [0.717, 1.165) is 61.9 Å². The van der Waals surface area contributed by atoms with E-state index in [1.54, 1.807) is 17.7 Å². The minimum atomic E-state index is -1.96. The molecule has 1 unspecified atom stereocenters. The molecule has 1 N–H and O–H groups in total. The maximum atomic E-state index is 13.2. The molecule has 7 rings (SSSR count). The predicted molar refractivity (Wildman–Crippen MR) is 203 cm³/mol. The van der Waals surface area contributed by atoms with Crippen molar-refractivity contribution in [3.63, 3.8) is 0 Å². The van der Waals surface area contributed by atoms with Crippen molar-refractivity contribution in [3.05, 3.63) is 27.9 Å². The molecule has 1 amide bonds. The van der Waals surface area contributed by atoms with Gasteiger partial charge in [0, 0.05) is 56.1 Å². The fourth-order valence-corrected chi connectivity index (χ4v) is 9.66. The minimum absolute atomic E-state index is 0.0279. The first-order chi connectivity index (χ1) is 25.0. The fourth-order valence-electron chi connectivity index (χ4n) is 8.40. The zero-order chi connectivity index (χ0) is 37.9. The van der Waals surface area contributed by atoms with Gasteiger partial charge in [-0.3, -0.25) is 9.80 Å². The summed E-state index contributed by atoms with van der Waals surface area (Å²) in [7, 11) is 5.91. The number of likely N-dealkylation sites (tertiary alicyclic amines) is 1. The van der Waals surface area contributed by atoms with Gasteiger partial charge in [0.05, 0.1) is 29.6 Å². The van der Waals surface area contributed by atoms with E-state index < -0.39 is 16.8 Å². The summed E-state index contributed by atoms with van der Waals surface area (Å²) in [5, 5.41) is 27.8. The molecule has 0 radical (unpaired) electrons. The normalized spacial score (nSPS) is 27.3. The Bertz CT molecular complexity index is 1850. The third-order valence-corrected chi connectivity index (χ3v) is 12.5. The first-order valence-electron chi connectivity index (χ1n) is 18.8. The summed E-state index contributed by atoms with van der Waals surface area (Å²) in [6.07, 6.45) is 7.65. The molecule has 2 aromatic heterocycles. The number of aliphatic imine (C=N–C) groups is 1. The minimum Gasteiger partial charge on any atom is -0.473 e. The van der Waals surface area contributed by atoms with Gasteiger partial charge in [0.1, 0.15) is 28.6 Å². The van der Waals surface area contributed by atoms with Crippen molar-refractivity contribution in [1.82, 2.24) is 24.7 Å². The average molecular weight is 748 g/mol. The Labute approximate surface area is 316 Å². The van der Waals surface area contributed by atoms with Gasteiger partial charge in [-0.25, -0.2) is 14.8 Å². The molecule has 2 saturated heterocycles. The molecule has 1 saturated carbocycles. The summed E-state index contributed by atoms with van der Waals surface area (Å²) in [6.45, 7) is 12.4. The number of nitrogens with zero attached hydrogens (tertiary/aromatic N) is 9. The zero-order valence-corrected chi connectivity index (χ0v) is 33.1. The van der Waals surface area contributed by atoms with Crippen LogP contribution in [0.1, 0.15) is 101 Å². The highest BCUT2D eigenvalue weighted by molar-refractivity contribution is 7.16. The molecule has 0 bridgehead atoms. The number of carbonyl (C=O) groups is 1. The van der Waals surface area contributed by atoms with Crippen molar-refractivity contribution < 1.29 is 24.2 Å². The number of aryl methyl sites for hydroxylation is 1. The predicted octanol–water partition coefficient (Wildman–Crippen LogP) is 5.30. The lowest BCUT2D eigenvalue weighted by Crippen LogP contribution is -2.58. The van der Waals surface area contributed by atoms with Gasteiger partial charge in [0.15, 0.2) is 0 Å². The second-order valence-corrected chi connectivity index (χ2v) is 17.9. The monoisotopic (exact) mass is 747 g/mol. The number of aromatic nitrogens is 2.